The van der Waals surface area contributed by atoms with Gasteiger partial charge in [-0.05, 0) is 35.1 Å². The maximum absolute atomic E-state index is 5.79. The van der Waals surface area contributed by atoms with E-state index in [-0.39, 0.29) is 5.41 Å². The normalized spacial score (nSPS) is 11.6. The molecule has 1 aromatic heterocycles. The fourth-order valence-corrected chi connectivity index (χ4v) is 2.48. The third kappa shape index (κ3) is 3.86. The van der Waals surface area contributed by atoms with Crippen molar-refractivity contribution >= 4 is 0 Å². The van der Waals surface area contributed by atoms with Crippen LogP contribution in [0.5, 0.6) is 0 Å². The van der Waals surface area contributed by atoms with Crippen molar-refractivity contribution < 1.29 is 4.42 Å². The van der Waals surface area contributed by atoms with Gasteiger partial charge < -0.3 is 4.42 Å². The van der Waals surface area contributed by atoms with Gasteiger partial charge in [-0.2, -0.15) is 0 Å². The standard InChI is InChI=1S/C20H22N2O/c1-20(2,3)17-12-10-16(11-13-17)19-22-21-18(23-19)14-9-15-7-5-4-6-8-15/h4-8,10-13H,9,14H2,1-3H3. The summed E-state index contributed by atoms with van der Waals surface area (Å²) in [5, 5.41) is 8.34. The maximum Gasteiger partial charge on any atom is 0.247 e. The van der Waals surface area contributed by atoms with Crippen molar-refractivity contribution in [2.75, 3.05) is 0 Å². The highest BCUT2D eigenvalue weighted by molar-refractivity contribution is 5.53. The summed E-state index contributed by atoms with van der Waals surface area (Å²) in [6.45, 7) is 6.61. The van der Waals surface area contributed by atoms with Crippen molar-refractivity contribution in [1.82, 2.24) is 10.2 Å². The molecule has 0 bridgehead atoms. The summed E-state index contributed by atoms with van der Waals surface area (Å²) in [5.74, 6) is 1.28. The quantitative estimate of drug-likeness (QED) is 0.693. The van der Waals surface area contributed by atoms with Crippen LogP contribution in [0.25, 0.3) is 11.5 Å². The van der Waals surface area contributed by atoms with Crippen LogP contribution < -0.4 is 0 Å². The first-order valence-electron chi connectivity index (χ1n) is 7.99. The summed E-state index contributed by atoms with van der Waals surface area (Å²) in [7, 11) is 0. The minimum Gasteiger partial charge on any atom is -0.421 e. The molecule has 1 heterocycles. The Hall–Kier alpha value is -2.42. The molecule has 0 unspecified atom stereocenters. The fraction of sp³-hybridized carbons (Fsp3) is 0.300. The second-order valence-electron chi connectivity index (χ2n) is 6.81. The monoisotopic (exact) mass is 306 g/mol. The van der Waals surface area contributed by atoms with Crippen LogP contribution in [-0.4, -0.2) is 10.2 Å². The Bertz CT molecular complexity index is 752. The summed E-state index contributed by atoms with van der Waals surface area (Å²) in [6, 6.07) is 18.7. The first kappa shape index (κ1) is 15.5. The number of hydrogen-bond donors (Lipinski definition) is 0. The molecule has 0 N–H and O–H groups in total. The van der Waals surface area contributed by atoms with Gasteiger partial charge in [0.1, 0.15) is 0 Å². The fourth-order valence-electron chi connectivity index (χ4n) is 2.48. The molecule has 3 nitrogen and oxygen atoms in total. The Morgan fingerprint density at radius 2 is 1.52 bits per heavy atom. The van der Waals surface area contributed by atoms with Gasteiger partial charge in [0.05, 0.1) is 0 Å². The average Bonchev–Trinajstić information content (AvgIpc) is 3.02. The van der Waals surface area contributed by atoms with Crippen LogP contribution in [0, 0.1) is 0 Å². The lowest BCUT2D eigenvalue weighted by Crippen LogP contribution is -2.10. The second-order valence-corrected chi connectivity index (χ2v) is 6.81. The van der Waals surface area contributed by atoms with E-state index in [1.54, 1.807) is 0 Å². The largest absolute Gasteiger partial charge is 0.421 e. The van der Waals surface area contributed by atoms with E-state index < -0.39 is 0 Å². The molecule has 3 aromatic rings. The predicted octanol–water partition coefficient (Wildman–Crippen LogP) is 4.82. The molecule has 118 valence electrons. The number of rotatable bonds is 4. The number of aryl methyl sites for hydroxylation is 2. The Morgan fingerprint density at radius 1 is 0.826 bits per heavy atom. The van der Waals surface area contributed by atoms with E-state index >= 15 is 0 Å². The smallest absolute Gasteiger partial charge is 0.247 e. The van der Waals surface area contributed by atoms with E-state index in [0.29, 0.717) is 11.8 Å². The molecule has 0 aliphatic rings. The molecule has 3 heteroatoms. The van der Waals surface area contributed by atoms with E-state index in [0.717, 1.165) is 18.4 Å². The molecule has 0 saturated heterocycles. The van der Waals surface area contributed by atoms with E-state index in [9.17, 15) is 0 Å². The second kappa shape index (κ2) is 6.37. The molecule has 0 fully saturated rings. The van der Waals surface area contributed by atoms with Crippen molar-refractivity contribution in [3.8, 4) is 11.5 Å². The van der Waals surface area contributed by atoms with Gasteiger partial charge in [0.15, 0.2) is 0 Å². The Morgan fingerprint density at radius 3 is 2.17 bits per heavy atom. The topological polar surface area (TPSA) is 38.9 Å². The van der Waals surface area contributed by atoms with Crippen LogP contribution >= 0.6 is 0 Å². The average molecular weight is 306 g/mol. The lowest BCUT2D eigenvalue weighted by molar-refractivity contribution is 0.504. The van der Waals surface area contributed by atoms with Gasteiger partial charge in [0.25, 0.3) is 0 Å². The predicted molar refractivity (Wildman–Crippen MR) is 92.3 cm³/mol. The third-order valence-corrected chi connectivity index (χ3v) is 3.94. The molecule has 0 atom stereocenters. The van der Waals surface area contributed by atoms with E-state index in [1.807, 2.05) is 18.2 Å². The molecule has 0 saturated carbocycles. The molecule has 2 aromatic carbocycles. The van der Waals surface area contributed by atoms with Gasteiger partial charge in [0, 0.05) is 12.0 Å². The molecule has 3 rings (SSSR count). The third-order valence-electron chi connectivity index (χ3n) is 3.94. The highest BCUT2D eigenvalue weighted by atomic mass is 16.4. The first-order chi connectivity index (χ1) is 11.0. The number of benzene rings is 2. The Kier molecular flexibility index (Phi) is 4.28. The van der Waals surface area contributed by atoms with Crippen molar-refractivity contribution in [2.24, 2.45) is 0 Å². The first-order valence-corrected chi connectivity index (χ1v) is 7.99. The van der Waals surface area contributed by atoms with Crippen molar-refractivity contribution in [3.63, 3.8) is 0 Å². The minimum atomic E-state index is 0.147. The van der Waals surface area contributed by atoms with Crippen molar-refractivity contribution in [2.45, 2.75) is 39.0 Å². The zero-order valence-corrected chi connectivity index (χ0v) is 13.9. The van der Waals surface area contributed by atoms with E-state index in [4.69, 9.17) is 4.42 Å². The van der Waals surface area contributed by atoms with Crippen molar-refractivity contribution in [1.29, 1.82) is 0 Å². The van der Waals surface area contributed by atoms with Crippen LogP contribution in [0.4, 0.5) is 0 Å². The molecular weight excluding hydrogens is 284 g/mol. The Balaban J connectivity index is 1.69. The maximum atomic E-state index is 5.79. The molecule has 0 aliphatic heterocycles. The number of nitrogens with zero attached hydrogens (tertiary/aromatic N) is 2. The lowest BCUT2D eigenvalue weighted by atomic mass is 9.87. The molecule has 23 heavy (non-hydrogen) atoms. The molecule has 0 amide bonds. The molecule has 0 aliphatic carbocycles. The van der Waals surface area contributed by atoms with Crippen LogP contribution in [-0.2, 0) is 18.3 Å². The lowest BCUT2D eigenvalue weighted by Gasteiger charge is -2.18. The summed E-state index contributed by atoms with van der Waals surface area (Å²) in [5.41, 5.74) is 3.69. The van der Waals surface area contributed by atoms with Gasteiger partial charge in [-0.1, -0.05) is 63.2 Å². The van der Waals surface area contributed by atoms with Crippen LogP contribution in [0.15, 0.2) is 59.0 Å². The highest BCUT2D eigenvalue weighted by Crippen LogP contribution is 2.25. The van der Waals surface area contributed by atoms with Gasteiger partial charge in [-0.3, -0.25) is 0 Å². The van der Waals surface area contributed by atoms with Crippen molar-refractivity contribution in [3.05, 3.63) is 71.6 Å². The zero-order chi connectivity index (χ0) is 16.3. The van der Waals surface area contributed by atoms with Crippen LogP contribution in [0.2, 0.25) is 0 Å². The van der Waals surface area contributed by atoms with E-state index in [2.05, 4.69) is 67.4 Å². The molecule has 0 radical (unpaired) electrons. The van der Waals surface area contributed by atoms with Gasteiger partial charge in [-0.15, -0.1) is 10.2 Å². The summed E-state index contributed by atoms with van der Waals surface area (Å²) >= 11 is 0. The molecule has 0 spiro atoms. The van der Waals surface area contributed by atoms with Gasteiger partial charge in [-0.25, -0.2) is 0 Å². The SMILES string of the molecule is CC(C)(C)c1ccc(-c2nnc(CCc3ccccc3)o2)cc1. The van der Waals surface area contributed by atoms with E-state index in [1.165, 1.54) is 11.1 Å². The van der Waals surface area contributed by atoms with Crippen LogP contribution in [0.3, 0.4) is 0 Å². The number of hydrogen-bond acceptors (Lipinski definition) is 3. The van der Waals surface area contributed by atoms with Gasteiger partial charge in [0.2, 0.25) is 11.8 Å². The summed E-state index contributed by atoms with van der Waals surface area (Å²) < 4.78 is 5.79. The summed E-state index contributed by atoms with van der Waals surface area (Å²) in [4.78, 5) is 0. The summed E-state index contributed by atoms with van der Waals surface area (Å²) in [6.07, 6.45) is 1.67. The van der Waals surface area contributed by atoms with Crippen LogP contribution in [0.1, 0.15) is 37.8 Å². The minimum absolute atomic E-state index is 0.147. The number of aromatic nitrogens is 2. The Labute approximate surface area is 137 Å². The zero-order valence-electron chi connectivity index (χ0n) is 13.9. The van der Waals surface area contributed by atoms with Gasteiger partial charge >= 0.3 is 0 Å². The highest BCUT2D eigenvalue weighted by Gasteiger charge is 2.14. The molecular formula is C20H22N2O.